The number of rotatable bonds is 0. The molecule has 0 N–H and O–H groups in total. The zero-order valence-electron chi connectivity index (χ0n) is 4.66. The number of para-hydroxylation sites is 1. The fraction of sp³-hybridized carbons (Fsp3) is 0. The van der Waals surface area contributed by atoms with Crippen molar-refractivity contribution < 1.29 is 4.74 Å². The number of hydrogen-bond donors (Lipinski definition) is 0. The Morgan fingerprint density at radius 1 is 1.56 bits per heavy atom. The molecule has 0 fully saturated rings. The van der Waals surface area contributed by atoms with E-state index < -0.39 is 0 Å². The van der Waals surface area contributed by atoms with E-state index in [0.717, 1.165) is 11.4 Å². The van der Waals surface area contributed by atoms with Gasteiger partial charge in [-0.1, -0.05) is 6.07 Å². The highest BCUT2D eigenvalue weighted by Gasteiger charge is 2.17. The molecular weight excluding hydrogens is 114 g/mol. The molecule has 1 heterocycles. The van der Waals surface area contributed by atoms with Crippen molar-refractivity contribution in [2.75, 3.05) is 0 Å². The van der Waals surface area contributed by atoms with Crippen LogP contribution < -0.4 is 9.73 Å². The third kappa shape index (κ3) is 0.598. The Morgan fingerprint density at radius 3 is 3.44 bits per heavy atom. The first-order chi connectivity index (χ1) is 4.47. The molecule has 1 aliphatic rings. The van der Waals surface area contributed by atoms with E-state index in [-0.39, 0.29) is 0 Å². The summed E-state index contributed by atoms with van der Waals surface area (Å²) in [6.07, 6.45) is 1.42. The zero-order valence-corrected chi connectivity index (χ0v) is 4.66. The summed E-state index contributed by atoms with van der Waals surface area (Å²) in [5.41, 5.74) is 0.789. The van der Waals surface area contributed by atoms with Crippen LogP contribution in [0, 0.1) is 6.07 Å². The van der Waals surface area contributed by atoms with Crippen molar-refractivity contribution in [2.24, 2.45) is 0 Å². The van der Waals surface area contributed by atoms with Crippen LogP contribution in [0.5, 0.6) is 5.75 Å². The lowest BCUT2D eigenvalue weighted by molar-refractivity contribution is 0.592. The third-order valence-corrected chi connectivity index (χ3v) is 1.16. The van der Waals surface area contributed by atoms with Gasteiger partial charge in [-0.25, -0.2) is 0 Å². The molecule has 0 aliphatic carbocycles. The first-order valence-corrected chi connectivity index (χ1v) is 2.67. The third-order valence-electron chi connectivity index (χ3n) is 1.16. The summed E-state index contributed by atoms with van der Waals surface area (Å²) in [6.45, 7) is 0. The first kappa shape index (κ1) is 4.56. The van der Waals surface area contributed by atoms with Crippen LogP contribution in [-0.2, 0) is 0 Å². The summed E-state index contributed by atoms with van der Waals surface area (Å²) < 4.78 is 4.98. The predicted molar refractivity (Wildman–Crippen MR) is 33.8 cm³/mol. The smallest absolute Gasteiger partial charge is 0.399 e. The van der Waals surface area contributed by atoms with Crippen LogP contribution in [0.15, 0.2) is 18.2 Å². The van der Waals surface area contributed by atoms with Crippen LogP contribution in [0.2, 0.25) is 0 Å². The van der Waals surface area contributed by atoms with Crippen molar-refractivity contribution >= 4 is 12.1 Å². The predicted octanol–water partition coefficient (Wildman–Crippen LogP) is 0.875. The number of benzene rings is 1. The normalized spacial score (nSPS) is 12.9. The van der Waals surface area contributed by atoms with Crippen molar-refractivity contribution in [3.63, 3.8) is 0 Å². The number of hydrogen-bond acceptors (Lipinski definition) is 2. The highest BCUT2D eigenvalue weighted by molar-refractivity contribution is 5.68. The minimum absolute atomic E-state index is 0.789. The molecule has 0 unspecified atom stereocenters. The van der Waals surface area contributed by atoms with Gasteiger partial charge in [0, 0.05) is 0 Å². The Balaban J connectivity index is 2.63. The number of fused-ring (bicyclic) bond motifs is 1. The van der Waals surface area contributed by atoms with E-state index in [4.69, 9.17) is 4.74 Å². The number of nitrogens with zero attached hydrogens (tertiary/aromatic N) is 1. The topological polar surface area (TPSA) is 23.3 Å². The quantitative estimate of drug-likeness (QED) is 0.496. The van der Waals surface area contributed by atoms with Crippen LogP contribution >= 0.6 is 0 Å². The van der Waals surface area contributed by atoms with Gasteiger partial charge in [-0.2, -0.15) is 0 Å². The summed E-state index contributed by atoms with van der Waals surface area (Å²) in [6, 6.07) is 8.46. The second kappa shape index (κ2) is 1.58. The van der Waals surface area contributed by atoms with Crippen LogP contribution in [0.25, 0.3) is 0 Å². The summed E-state index contributed by atoms with van der Waals surface area (Å²) >= 11 is 0. The molecule has 1 aromatic rings. The fourth-order valence-corrected chi connectivity index (χ4v) is 0.744. The summed E-state index contributed by atoms with van der Waals surface area (Å²) in [5, 5.41) is 0. The molecule has 42 valence electrons. The van der Waals surface area contributed by atoms with Gasteiger partial charge in [0.25, 0.3) is 0 Å². The largest absolute Gasteiger partial charge is 0.404 e. The molecule has 0 amide bonds. The average molecular weight is 118 g/mol. The summed E-state index contributed by atoms with van der Waals surface area (Å²) in [7, 11) is 0. The monoisotopic (exact) mass is 118 g/mol. The van der Waals surface area contributed by atoms with Crippen LogP contribution in [0.4, 0.5) is 5.69 Å². The van der Waals surface area contributed by atoms with Crippen molar-refractivity contribution in [1.29, 1.82) is 0 Å². The van der Waals surface area contributed by atoms with E-state index in [2.05, 4.69) is 11.1 Å². The molecule has 0 bridgehead atoms. The highest BCUT2D eigenvalue weighted by atomic mass is 16.5. The maximum Gasteiger partial charge on any atom is 0.404 e. The second-order valence-electron chi connectivity index (χ2n) is 1.74. The Morgan fingerprint density at radius 2 is 2.56 bits per heavy atom. The van der Waals surface area contributed by atoms with Gasteiger partial charge in [0.15, 0.2) is 0 Å². The van der Waals surface area contributed by atoms with Gasteiger partial charge in [-0.15, -0.1) is 0 Å². The Bertz CT molecular complexity index is 255. The summed E-state index contributed by atoms with van der Waals surface area (Å²) in [4.78, 5) is 3.90. The van der Waals surface area contributed by atoms with E-state index in [1.54, 1.807) is 0 Å². The van der Waals surface area contributed by atoms with E-state index in [0.29, 0.717) is 0 Å². The molecule has 0 saturated carbocycles. The number of ether oxygens (including phenoxy) is 1. The second-order valence-corrected chi connectivity index (χ2v) is 1.74. The number of aliphatic imine (C=N–C) groups is 1. The van der Waals surface area contributed by atoms with Crippen molar-refractivity contribution in [3.05, 3.63) is 24.3 Å². The minimum Gasteiger partial charge on any atom is -0.399 e. The molecule has 2 heteroatoms. The van der Waals surface area contributed by atoms with Gasteiger partial charge in [0.2, 0.25) is 5.75 Å². The van der Waals surface area contributed by atoms with Crippen LogP contribution in [0.1, 0.15) is 0 Å². The molecule has 1 aromatic carbocycles. The van der Waals surface area contributed by atoms with E-state index in [1.807, 2.05) is 18.2 Å². The maximum absolute atomic E-state index is 4.98. The van der Waals surface area contributed by atoms with E-state index in [1.165, 1.54) is 6.40 Å². The standard InChI is InChI=1S/C7H4NO/c1-2-4-7-6(3-1)8-5-9-7/h1-2,4-5H/q+1. The molecule has 0 saturated heterocycles. The summed E-state index contributed by atoms with van der Waals surface area (Å²) in [5.74, 6) is 0.789. The molecule has 2 nitrogen and oxygen atoms in total. The Hall–Kier alpha value is -1.31. The van der Waals surface area contributed by atoms with Crippen molar-refractivity contribution in [3.8, 4) is 5.75 Å². The lowest BCUT2D eigenvalue weighted by Gasteiger charge is -1.83. The zero-order chi connectivity index (χ0) is 6.10. The molecule has 2 rings (SSSR count). The molecular formula is C7H4NO+. The molecule has 2 radical (unpaired) electrons. The van der Waals surface area contributed by atoms with Gasteiger partial charge in [0.1, 0.15) is 4.99 Å². The van der Waals surface area contributed by atoms with Crippen molar-refractivity contribution in [1.82, 2.24) is 4.99 Å². The van der Waals surface area contributed by atoms with Crippen molar-refractivity contribution in [2.45, 2.75) is 0 Å². The Labute approximate surface area is 52.8 Å². The van der Waals surface area contributed by atoms with E-state index in [9.17, 15) is 0 Å². The van der Waals surface area contributed by atoms with Gasteiger partial charge in [-0.3, -0.25) is 0 Å². The van der Waals surface area contributed by atoms with Gasteiger partial charge in [-0.05, 0) is 12.1 Å². The lowest BCUT2D eigenvalue weighted by atomic mass is 10.3. The lowest BCUT2D eigenvalue weighted by Crippen LogP contribution is -1.81. The molecule has 0 spiro atoms. The molecule has 1 aliphatic heterocycles. The maximum atomic E-state index is 4.98. The Kier molecular flexibility index (Phi) is 0.803. The average Bonchev–Trinajstić information content (AvgIpc) is 2.33. The highest BCUT2D eigenvalue weighted by Crippen LogP contribution is 2.23. The van der Waals surface area contributed by atoms with Crippen LogP contribution in [0.3, 0.4) is 0 Å². The minimum atomic E-state index is 0.789. The van der Waals surface area contributed by atoms with Crippen LogP contribution in [-0.4, -0.2) is 6.40 Å². The molecule has 9 heavy (non-hydrogen) atoms. The van der Waals surface area contributed by atoms with Gasteiger partial charge >= 0.3 is 12.1 Å². The molecule has 0 aromatic heterocycles. The molecule has 0 atom stereocenters. The van der Waals surface area contributed by atoms with Gasteiger partial charge in [0.05, 0.1) is 6.07 Å². The van der Waals surface area contributed by atoms with Gasteiger partial charge < -0.3 is 4.74 Å². The SMILES string of the molecule is [c]1cccc2c1[N+]=CO2. The first-order valence-electron chi connectivity index (χ1n) is 2.67. The fourth-order valence-electron chi connectivity index (χ4n) is 0.744. The van der Waals surface area contributed by atoms with E-state index >= 15 is 0 Å².